The minimum Gasteiger partial charge on any atom is -0.394 e. The second kappa shape index (κ2) is 7.63. The van der Waals surface area contributed by atoms with Crippen LogP contribution in [0.1, 0.15) is 0 Å². The van der Waals surface area contributed by atoms with Gasteiger partial charge in [-0.3, -0.25) is 0 Å². The molecule has 2 rings (SSSR count). The van der Waals surface area contributed by atoms with E-state index in [-0.39, 0.29) is 0 Å². The van der Waals surface area contributed by atoms with Gasteiger partial charge >= 0.3 is 0 Å². The third kappa shape index (κ3) is 3.65. The first-order valence-corrected chi connectivity index (χ1v) is 7.08. The van der Waals surface area contributed by atoms with Gasteiger partial charge in [-0.1, -0.05) is 0 Å². The van der Waals surface area contributed by atoms with Gasteiger partial charge in [0.25, 0.3) is 0 Å². The van der Waals surface area contributed by atoms with Crippen molar-refractivity contribution in [3.63, 3.8) is 0 Å². The molecule has 0 spiro atoms. The molecule has 2 saturated heterocycles. The second-order valence-corrected chi connectivity index (χ2v) is 5.53. The van der Waals surface area contributed by atoms with Crippen LogP contribution in [0.25, 0.3) is 0 Å². The maximum Gasteiger partial charge on any atom is 0.189 e. The molecule has 8 N–H and O–H groups in total. The van der Waals surface area contributed by atoms with Crippen LogP contribution in [0.15, 0.2) is 0 Å². The van der Waals surface area contributed by atoms with Crippen LogP contribution in [-0.2, 0) is 14.2 Å². The Bertz CT molecular complexity index is 344. The number of rotatable bonds is 4. The lowest BCUT2D eigenvalue weighted by Crippen LogP contribution is -2.63. The van der Waals surface area contributed by atoms with E-state index >= 15 is 0 Å². The van der Waals surface area contributed by atoms with Crippen LogP contribution in [-0.4, -0.2) is 115 Å². The summed E-state index contributed by atoms with van der Waals surface area (Å²) in [5.74, 6) is 0. The van der Waals surface area contributed by atoms with Crippen LogP contribution in [0.5, 0.6) is 0 Å². The molecule has 1 unspecified atom stereocenters. The molecular weight excluding hydrogens is 320 g/mol. The Kier molecular flexibility index (Phi) is 6.27. The molecule has 10 atom stereocenters. The van der Waals surface area contributed by atoms with Gasteiger partial charge in [0.1, 0.15) is 48.8 Å². The molecule has 0 saturated carbocycles. The highest BCUT2D eigenvalue weighted by atomic mass is 16.8. The van der Waals surface area contributed by atoms with Crippen molar-refractivity contribution >= 4 is 0 Å². The first kappa shape index (κ1) is 18.9. The van der Waals surface area contributed by atoms with Gasteiger partial charge in [-0.15, -0.1) is 0 Å². The first-order valence-electron chi connectivity index (χ1n) is 7.08. The Morgan fingerprint density at radius 1 is 0.565 bits per heavy atom. The Hall–Kier alpha value is -0.440. The van der Waals surface area contributed by atoms with E-state index in [9.17, 15) is 30.6 Å². The van der Waals surface area contributed by atoms with Crippen molar-refractivity contribution in [1.82, 2.24) is 0 Å². The fraction of sp³-hybridized carbons (Fsp3) is 1.00. The van der Waals surface area contributed by atoms with E-state index in [4.69, 9.17) is 24.4 Å². The molecule has 2 fully saturated rings. The fourth-order valence-corrected chi connectivity index (χ4v) is 2.49. The van der Waals surface area contributed by atoms with Gasteiger partial charge in [-0.25, -0.2) is 0 Å². The maximum atomic E-state index is 9.84. The third-order valence-corrected chi connectivity index (χ3v) is 3.97. The number of aliphatic hydroxyl groups is 8. The van der Waals surface area contributed by atoms with E-state index in [0.29, 0.717) is 0 Å². The van der Waals surface area contributed by atoms with E-state index in [1.807, 2.05) is 0 Å². The largest absolute Gasteiger partial charge is 0.394 e. The Labute approximate surface area is 130 Å². The Balaban J connectivity index is 2.07. The second-order valence-electron chi connectivity index (χ2n) is 5.53. The lowest BCUT2D eigenvalue weighted by Gasteiger charge is -2.44. The van der Waals surface area contributed by atoms with Crippen molar-refractivity contribution in [3.8, 4) is 0 Å². The van der Waals surface area contributed by atoms with Crippen LogP contribution in [0.4, 0.5) is 0 Å². The summed E-state index contributed by atoms with van der Waals surface area (Å²) in [6, 6.07) is 0. The van der Waals surface area contributed by atoms with Crippen molar-refractivity contribution in [2.75, 3.05) is 13.2 Å². The average molecular weight is 342 g/mol. The van der Waals surface area contributed by atoms with Crippen molar-refractivity contribution in [3.05, 3.63) is 0 Å². The van der Waals surface area contributed by atoms with E-state index in [1.54, 1.807) is 0 Å². The molecule has 136 valence electrons. The number of ether oxygens (including phenoxy) is 3. The summed E-state index contributed by atoms with van der Waals surface area (Å²) in [5.41, 5.74) is 0. The topological polar surface area (TPSA) is 190 Å². The van der Waals surface area contributed by atoms with Crippen LogP contribution in [0.2, 0.25) is 0 Å². The maximum absolute atomic E-state index is 9.84. The van der Waals surface area contributed by atoms with Crippen molar-refractivity contribution in [2.45, 2.75) is 61.4 Å². The average Bonchev–Trinajstić information content (AvgIpc) is 2.55. The molecular formula is C12H22O11. The van der Waals surface area contributed by atoms with Gasteiger partial charge in [0, 0.05) is 0 Å². The molecule has 0 aromatic carbocycles. The predicted octanol–water partition coefficient (Wildman–Crippen LogP) is -5.40. The molecule has 0 aromatic heterocycles. The molecule has 0 radical (unpaired) electrons. The van der Waals surface area contributed by atoms with E-state index < -0.39 is 74.6 Å². The summed E-state index contributed by atoms with van der Waals surface area (Å²) in [6.07, 6.45) is -15.6. The summed E-state index contributed by atoms with van der Waals surface area (Å²) in [6.45, 7) is -1.33. The monoisotopic (exact) mass is 342 g/mol. The van der Waals surface area contributed by atoms with E-state index in [2.05, 4.69) is 0 Å². The first-order chi connectivity index (χ1) is 10.8. The molecule has 11 nitrogen and oxygen atoms in total. The molecule has 2 heterocycles. The summed E-state index contributed by atoms with van der Waals surface area (Å²) in [5, 5.41) is 76.4. The number of hydrogen-bond donors (Lipinski definition) is 8. The number of aliphatic hydroxyl groups excluding tert-OH is 8. The van der Waals surface area contributed by atoms with Crippen LogP contribution in [0, 0.1) is 0 Å². The minimum atomic E-state index is -1.72. The van der Waals surface area contributed by atoms with E-state index in [0.717, 1.165) is 0 Å². The van der Waals surface area contributed by atoms with E-state index in [1.165, 1.54) is 0 Å². The SMILES string of the molecule is OC[C@H]1O[C@@H](OC2O[C@H](CO)[C@H](O)[C@H](O)[C@H]2O)[C@H](O)[C@@H](O)[C@H]1O. The summed E-state index contributed by atoms with van der Waals surface area (Å²) < 4.78 is 15.3. The van der Waals surface area contributed by atoms with Gasteiger partial charge in [0.05, 0.1) is 13.2 Å². The number of hydrogen-bond acceptors (Lipinski definition) is 11. The highest BCUT2D eigenvalue weighted by Gasteiger charge is 2.49. The molecule has 0 aromatic rings. The zero-order valence-corrected chi connectivity index (χ0v) is 12.0. The summed E-state index contributed by atoms with van der Waals surface area (Å²) in [7, 11) is 0. The van der Waals surface area contributed by atoms with Crippen molar-refractivity contribution < 1.29 is 55.1 Å². The predicted molar refractivity (Wildman–Crippen MR) is 68.6 cm³/mol. The van der Waals surface area contributed by atoms with Gasteiger partial charge in [0.2, 0.25) is 0 Å². The molecule has 11 heteroatoms. The van der Waals surface area contributed by atoms with Crippen LogP contribution >= 0.6 is 0 Å². The fourth-order valence-electron chi connectivity index (χ4n) is 2.49. The summed E-state index contributed by atoms with van der Waals surface area (Å²) >= 11 is 0. The Morgan fingerprint density at radius 2 is 0.913 bits per heavy atom. The zero-order chi connectivity index (χ0) is 17.3. The van der Waals surface area contributed by atoms with Crippen molar-refractivity contribution in [1.29, 1.82) is 0 Å². The van der Waals surface area contributed by atoms with Crippen LogP contribution < -0.4 is 0 Å². The highest BCUT2D eigenvalue weighted by molar-refractivity contribution is 4.92. The minimum absolute atomic E-state index is 0.667. The lowest BCUT2D eigenvalue weighted by molar-refractivity contribution is -0.376. The standard InChI is InChI=1S/C12H22O11/c13-1-3-5(15)7(17)9(19)11(21-3)23-12-10(20)8(18)6(16)4(2-14)22-12/h3-20H,1-2H2/t3-,4-,5+,6+,7+,8+,9-,10-,11+,12?/m1/s1. The molecule has 2 aliphatic rings. The van der Waals surface area contributed by atoms with Crippen LogP contribution in [0.3, 0.4) is 0 Å². The zero-order valence-electron chi connectivity index (χ0n) is 12.0. The Morgan fingerprint density at radius 3 is 1.22 bits per heavy atom. The van der Waals surface area contributed by atoms with Gasteiger partial charge in [-0.05, 0) is 0 Å². The molecule has 0 aliphatic carbocycles. The normalized spacial score (nSPS) is 51.7. The van der Waals surface area contributed by atoms with Gasteiger partial charge in [0.15, 0.2) is 12.6 Å². The third-order valence-electron chi connectivity index (χ3n) is 3.97. The lowest BCUT2D eigenvalue weighted by atomic mass is 9.98. The quantitative estimate of drug-likeness (QED) is 0.243. The van der Waals surface area contributed by atoms with Gasteiger partial charge < -0.3 is 55.1 Å². The van der Waals surface area contributed by atoms with Gasteiger partial charge in [-0.2, -0.15) is 0 Å². The molecule has 0 amide bonds. The molecule has 2 aliphatic heterocycles. The summed E-state index contributed by atoms with van der Waals surface area (Å²) in [4.78, 5) is 0. The molecule has 23 heavy (non-hydrogen) atoms. The highest BCUT2D eigenvalue weighted by Crippen LogP contribution is 2.27. The molecule has 0 bridgehead atoms. The van der Waals surface area contributed by atoms with Crippen molar-refractivity contribution in [2.24, 2.45) is 0 Å². The smallest absolute Gasteiger partial charge is 0.189 e.